The van der Waals surface area contributed by atoms with Gasteiger partial charge >= 0.3 is 11.9 Å². The van der Waals surface area contributed by atoms with Gasteiger partial charge in [0.05, 0.1) is 19.3 Å². The maximum atomic E-state index is 11.1. The Bertz CT molecular complexity index is 870. The highest BCUT2D eigenvalue weighted by Gasteiger charge is 2.17. The standard InChI is InChI=1S/C13H19NO2.C10H20N2O3.C6H13NO2/c1-5-11(13(14)15)16-12-9(3)6-8(2)7-10(12)4;1-3-8(10(11)14)12-7-5-6-9(13)15-4-2;1-2-9-6(8)4-3-5-7/h6-7,11H,5H2,1-4H3,(H2,14,15);8,12H,3-7H2,1-2H3,(H2,11,14);2-5,7H2,1H3/t;8-;/m.1./s1. The molecule has 40 heavy (non-hydrogen) atoms. The number of rotatable bonds is 16. The van der Waals surface area contributed by atoms with Gasteiger partial charge in [0.25, 0.3) is 5.91 Å². The Hall–Kier alpha value is -3.18. The summed E-state index contributed by atoms with van der Waals surface area (Å²) in [6.45, 7) is 15.3. The van der Waals surface area contributed by atoms with Crippen LogP contribution in [0.4, 0.5) is 0 Å². The lowest BCUT2D eigenvalue weighted by Gasteiger charge is -2.18. The van der Waals surface area contributed by atoms with Crippen LogP contribution in [0, 0.1) is 20.8 Å². The third kappa shape index (κ3) is 19.0. The maximum Gasteiger partial charge on any atom is 0.305 e. The number of hydrogen-bond acceptors (Lipinski definition) is 9. The number of carbonyl (C=O) groups excluding carboxylic acids is 4. The Morgan fingerprint density at radius 2 is 1.30 bits per heavy atom. The van der Waals surface area contributed by atoms with Crippen molar-refractivity contribution in [1.82, 2.24) is 5.32 Å². The number of nitrogens with one attached hydrogen (secondary N) is 1. The number of benzene rings is 1. The number of esters is 2. The van der Waals surface area contributed by atoms with E-state index in [-0.39, 0.29) is 23.9 Å². The first-order chi connectivity index (χ1) is 18.9. The normalized spacial score (nSPS) is 11.5. The molecule has 1 aromatic rings. The van der Waals surface area contributed by atoms with E-state index in [0.717, 1.165) is 23.3 Å². The van der Waals surface area contributed by atoms with E-state index in [2.05, 4.69) is 10.1 Å². The second-order valence-electron chi connectivity index (χ2n) is 9.07. The zero-order chi connectivity index (χ0) is 31.1. The molecule has 0 saturated carbocycles. The molecule has 0 heterocycles. The van der Waals surface area contributed by atoms with Crippen molar-refractivity contribution < 1.29 is 33.4 Å². The summed E-state index contributed by atoms with van der Waals surface area (Å²) in [5.41, 5.74) is 18.8. The summed E-state index contributed by atoms with van der Waals surface area (Å²) in [5.74, 6) is -0.346. The number of hydrogen-bond donors (Lipinski definition) is 4. The molecule has 230 valence electrons. The van der Waals surface area contributed by atoms with E-state index >= 15 is 0 Å². The molecule has 0 aliphatic carbocycles. The van der Waals surface area contributed by atoms with Gasteiger partial charge in [-0.3, -0.25) is 19.2 Å². The zero-order valence-corrected chi connectivity index (χ0v) is 25.5. The van der Waals surface area contributed by atoms with Crippen LogP contribution in [0.3, 0.4) is 0 Å². The first-order valence-corrected chi connectivity index (χ1v) is 14.0. The average Bonchev–Trinajstić information content (AvgIpc) is 2.87. The van der Waals surface area contributed by atoms with Crippen LogP contribution in [0.25, 0.3) is 0 Å². The van der Waals surface area contributed by atoms with Gasteiger partial charge in [0.1, 0.15) is 5.75 Å². The molecule has 1 unspecified atom stereocenters. The molecule has 1 rings (SSSR count). The van der Waals surface area contributed by atoms with Crippen LogP contribution < -0.4 is 27.3 Å². The maximum absolute atomic E-state index is 11.1. The van der Waals surface area contributed by atoms with Gasteiger partial charge in [-0.2, -0.15) is 0 Å². The van der Waals surface area contributed by atoms with Gasteiger partial charge in [0.2, 0.25) is 5.91 Å². The minimum atomic E-state index is -0.542. The zero-order valence-electron chi connectivity index (χ0n) is 25.5. The largest absolute Gasteiger partial charge is 0.480 e. The molecule has 7 N–H and O–H groups in total. The highest BCUT2D eigenvalue weighted by molar-refractivity contribution is 5.80. The van der Waals surface area contributed by atoms with E-state index in [4.69, 9.17) is 26.7 Å². The number of primary amides is 2. The smallest absolute Gasteiger partial charge is 0.305 e. The highest BCUT2D eigenvalue weighted by atomic mass is 16.5. The first kappa shape index (κ1) is 39.0. The van der Waals surface area contributed by atoms with Crippen LogP contribution in [0.2, 0.25) is 0 Å². The molecule has 0 bridgehead atoms. The molecular formula is C29H52N4O7. The second-order valence-corrected chi connectivity index (χ2v) is 9.07. The van der Waals surface area contributed by atoms with Crippen molar-refractivity contribution in [2.24, 2.45) is 17.2 Å². The molecule has 1 aromatic carbocycles. The SMILES string of the molecule is CCC(Oc1c(C)cc(C)cc1C)C(N)=O.CCOC(=O)CCCN.CCOC(=O)CCCN[C@H](CC)C(N)=O. The minimum absolute atomic E-state index is 0.150. The number of amides is 2. The second kappa shape index (κ2) is 23.7. The Labute approximate surface area is 239 Å². The van der Waals surface area contributed by atoms with Crippen molar-refractivity contribution in [3.8, 4) is 5.75 Å². The van der Waals surface area contributed by atoms with Crippen molar-refractivity contribution in [3.05, 3.63) is 28.8 Å². The highest BCUT2D eigenvalue weighted by Crippen LogP contribution is 2.26. The Kier molecular flexibility index (Phi) is 23.1. The predicted octanol–water partition coefficient (Wildman–Crippen LogP) is 2.73. The quantitative estimate of drug-likeness (QED) is 0.172. The van der Waals surface area contributed by atoms with E-state index in [9.17, 15) is 19.2 Å². The van der Waals surface area contributed by atoms with Crippen LogP contribution >= 0.6 is 0 Å². The van der Waals surface area contributed by atoms with E-state index in [1.54, 1.807) is 13.8 Å². The molecule has 2 amide bonds. The van der Waals surface area contributed by atoms with Gasteiger partial charge in [-0.1, -0.05) is 31.5 Å². The molecule has 11 heteroatoms. The Morgan fingerprint density at radius 3 is 1.68 bits per heavy atom. The molecule has 0 radical (unpaired) electrons. The van der Waals surface area contributed by atoms with Gasteiger partial charge in [0, 0.05) is 12.8 Å². The molecule has 0 aliphatic rings. The van der Waals surface area contributed by atoms with Crippen molar-refractivity contribution in [1.29, 1.82) is 0 Å². The van der Waals surface area contributed by atoms with Crippen molar-refractivity contribution >= 4 is 23.8 Å². The van der Waals surface area contributed by atoms with Gasteiger partial charge in [-0.25, -0.2) is 0 Å². The van der Waals surface area contributed by atoms with Crippen molar-refractivity contribution in [3.63, 3.8) is 0 Å². The summed E-state index contributed by atoms with van der Waals surface area (Å²) in [4.78, 5) is 43.4. The molecule has 0 aliphatic heterocycles. The molecule has 0 fully saturated rings. The van der Waals surface area contributed by atoms with Gasteiger partial charge in [-0.15, -0.1) is 0 Å². The van der Waals surface area contributed by atoms with Gasteiger partial charge in [0.15, 0.2) is 6.10 Å². The molecule has 11 nitrogen and oxygen atoms in total. The van der Waals surface area contributed by atoms with E-state index in [1.807, 2.05) is 46.8 Å². The molecule has 0 spiro atoms. The van der Waals surface area contributed by atoms with Crippen molar-refractivity contribution in [2.75, 3.05) is 26.3 Å². The summed E-state index contributed by atoms with van der Waals surface area (Å²) in [7, 11) is 0. The van der Waals surface area contributed by atoms with Crippen LogP contribution in [-0.2, 0) is 28.7 Å². The van der Waals surface area contributed by atoms with Crippen LogP contribution in [-0.4, -0.2) is 62.2 Å². The number of carbonyl (C=O) groups is 4. The first-order valence-electron chi connectivity index (χ1n) is 14.0. The predicted molar refractivity (Wildman–Crippen MR) is 157 cm³/mol. The lowest BCUT2D eigenvalue weighted by molar-refractivity contribution is -0.144. The van der Waals surface area contributed by atoms with Crippen molar-refractivity contribution in [2.45, 2.75) is 99.1 Å². The number of aryl methyl sites for hydroxylation is 3. The third-order valence-electron chi connectivity index (χ3n) is 5.45. The minimum Gasteiger partial charge on any atom is -0.480 e. The van der Waals surface area contributed by atoms with E-state index in [0.29, 0.717) is 58.4 Å². The van der Waals surface area contributed by atoms with Crippen LogP contribution in [0.1, 0.15) is 82.9 Å². The third-order valence-corrected chi connectivity index (χ3v) is 5.45. The molecule has 0 aromatic heterocycles. The van der Waals surface area contributed by atoms with Gasteiger partial charge in [-0.05, 0) is 84.5 Å². The molecule has 0 saturated heterocycles. The number of ether oxygens (including phenoxy) is 3. The summed E-state index contributed by atoms with van der Waals surface area (Å²) in [6.07, 6.45) is 2.90. The summed E-state index contributed by atoms with van der Waals surface area (Å²) < 4.78 is 15.1. The lowest BCUT2D eigenvalue weighted by Crippen LogP contribution is -2.41. The van der Waals surface area contributed by atoms with E-state index in [1.165, 1.54) is 5.56 Å². The summed E-state index contributed by atoms with van der Waals surface area (Å²) in [5, 5.41) is 2.98. The Balaban J connectivity index is 0. The van der Waals surface area contributed by atoms with Crippen LogP contribution in [0.5, 0.6) is 5.75 Å². The van der Waals surface area contributed by atoms with Gasteiger partial charge < -0.3 is 36.7 Å². The lowest BCUT2D eigenvalue weighted by atomic mass is 10.1. The fraction of sp³-hybridized carbons (Fsp3) is 0.655. The number of nitrogens with two attached hydrogens (primary N) is 3. The summed E-state index contributed by atoms with van der Waals surface area (Å²) in [6, 6.07) is 3.78. The fourth-order valence-electron chi connectivity index (χ4n) is 3.51. The summed E-state index contributed by atoms with van der Waals surface area (Å²) >= 11 is 0. The Morgan fingerprint density at radius 1 is 0.800 bits per heavy atom. The fourth-order valence-corrected chi connectivity index (χ4v) is 3.51. The molecule has 2 atom stereocenters. The topological polar surface area (TPSA) is 186 Å². The van der Waals surface area contributed by atoms with Crippen LogP contribution in [0.15, 0.2) is 12.1 Å². The average molecular weight is 569 g/mol. The monoisotopic (exact) mass is 568 g/mol. The molecular weight excluding hydrogens is 516 g/mol. The van der Waals surface area contributed by atoms with E-state index < -0.39 is 12.0 Å².